The van der Waals surface area contributed by atoms with Crippen LogP contribution in [0.4, 0.5) is 19.3 Å². The number of amides is 2. The van der Waals surface area contributed by atoms with E-state index in [1.54, 1.807) is 6.92 Å². The minimum absolute atomic E-state index is 0.232. The minimum Gasteiger partial charge on any atom is -0.394 e. The van der Waals surface area contributed by atoms with Gasteiger partial charge in [0.15, 0.2) is 0 Å². The Labute approximate surface area is 97.6 Å². The highest BCUT2D eigenvalue weighted by Gasteiger charge is 2.13. The van der Waals surface area contributed by atoms with Crippen molar-refractivity contribution >= 4 is 11.7 Å². The summed E-state index contributed by atoms with van der Waals surface area (Å²) < 4.78 is 26.4. The first-order chi connectivity index (χ1) is 8.08. The molecule has 6 heteroatoms. The maximum absolute atomic E-state index is 13.2. The van der Waals surface area contributed by atoms with Crippen molar-refractivity contribution in [1.29, 1.82) is 0 Å². The van der Waals surface area contributed by atoms with Crippen LogP contribution in [0.3, 0.4) is 0 Å². The lowest BCUT2D eigenvalue weighted by atomic mass is 10.2. The molecule has 1 atom stereocenters. The summed E-state index contributed by atoms with van der Waals surface area (Å²) in [4.78, 5) is 11.4. The fourth-order valence-electron chi connectivity index (χ4n) is 1.23. The SMILES string of the molecule is CCC(CO)NC(=O)Nc1c(F)cccc1F. The van der Waals surface area contributed by atoms with Gasteiger partial charge in [-0.15, -0.1) is 0 Å². The van der Waals surface area contributed by atoms with Gasteiger partial charge in [0, 0.05) is 0 Å². The van der Waals surface area contributed by atoms with Gasteiger partial charge in [0.2, 0.25) is 0 Å². The number of aliphatic hydroxyl groups is 1. The number of carbonyl (C=O) groups is 1. The first-order valence-electron chi connectivity index (χ1n) is 5.20. The normalized spacial score (nSPS) is 12.0. The van der Waals surface area contributed by atoms with Crippen molar-refractivity contribution in [2.24, 2.45) is 0 Å². The molecule has 0 radical (unpaired) electrons. The van der Waals surface area contributed by atoms with E-state index in [9.17, 15) is 13.6 Å². The third-order valence-electron chi connectivity index (χ3n) is 2.25. The number of hydrogen-bond acceptors (Lipinski definition) is 2. The third-order valence-corrected chi connectivity index (χ3v) is 2.25. The molecular formula is C11H14F2N2O2. The van der Waals surface area contributed by atoms with Crippen LogP contribution in [0.1, 0.15) is 13.3 Å². The molecule has 2 amide bonds. The zero-order valence-electron chi connectivity index (χ0n) is 9.34. The maximum atomic E-state index is 13.2. The van der Waals surface area contributed by atoms with E-state index in [0.29, 0.717) is 6.42 Å². The van der Waals surface area contributed by atoms with Crippen LogP contribution in [-0.4, -0.2) is 23.8 Å². The molecular weight excluding hydrogens is 230 g/mol. The van der Waals surface area contributed by atoms with Crippen LogP contribution in [0.15, 0.2) is 18.2 Å². The number of para-hydroxylation sites is 1. The predicted octanol–water partition coefficient (Wildman–Crippen LogP) is 1.86. The molecule has 0 aromatic heterocycles. The molecule has 0 spiro atoms. The first-order valence-corrected chi connectivity index (χ1v) is 5.20. The van der Waals surface area contributed by atoms with E-state index in [1.807, 2.05) is 0 Å². The molecule has 0 aliphatic rings. The summed E-state index contributed by atoms with van der Waals surface area (Å²) >= 11 is 0. The second kappa shape index (κ2) is 6.15. The third kappa shape index (κ3) is 3.67. The molecule has 0 fully saturated rings. The second-order valence-electron chi connectivity index (χ2n) is 3.48. The van der Waals surface area contributed by atoms with Gasteiger partial charge in [-0.3, -0.25) is 0 Å². The van der Waals surface area contributed by atoms with Crippen LogP contribution in [0.2, 0.25) is 0 Å². The number of benzene rings is 1. The Bertz CT molecular complexity index is 375. The molecule has 0 aliphatic heterocycles. The lowest BCUT2D eigenvalue weighted by Crippen LogP contribution is -2.40. The van der Waals surface area contributed by atoms with Gasteiger partial charge in [-0.05, 0) is 18.6 Å². The van der Waals surface area contributed by atoms with Crippen molar-refractivity contribution in [3.05, 3.63) is 29.8 Å². The van der Waals surface area contributed by atoms with Gasteiger partial charge < -0.3 is 15.7 Å². The first kappa shape index (κ1) is 13.4. The van der Waals surface area contributed by atoms with Crippen LogP contribution < -0.4 is 10.6 Å². The van der Waals surface area contributed by atoms with Gasteiger partial charge in [-0.2, -0.15) is 0 Å². The number of carbonyl (C=O) groups excluding carboxylic acids is 1. The largest absolute Gasteiger partial charge is 0.394 e. The summed E-state index contributed by atoms with van der Waals surface area (Å²) in [6.45, 7) is 1.54. The molecule has 0 heterocycles. The summed E-state index contributed by atoms with van der Waals surface area (Å²) in [7, 11) is 0. The van der Waals surface area contributed by atoms with Crippen LogP contribution in [0.5, 0.6) is 0 Å². The fraction of sp³-hybridized carbons (Fsp3) is 0.364. The molecule has 1 unspecified atom stereocenters. The van der Waals surface area contributed by atoms with Gasteiger partial charge in [-0.25, -0.2) is 13.6 Å². The van der Waals surface area contributed by atoms with E-state index < -0.39 is 29.4 Å². The monoisotopic (exact) mass is 244 g/mol. The Morgan fingerprint density at radius 2 is 2.00 bits per heavy atom. The van der Waals surface area contributed by atoms with Crippen LogP contribution in [0.25, 0.3) is 0 Å². The van der Waals surface area contributed by atoms with E-state index in [4.69, 9.17) is 5.11 Å². The number of hydrogen-bond donors (Lipinski definition) is 3. The zero-order valence-corrected chi connectivity index (χ0v) is 9.34. The van der Waals surface area contributed by atoms with Crippen molar-refractivity contribution in [1.82, 2.24) is 5.32 Å². The van der Waals surface area contributed by atoms with Crippen molar-refractivity contribution < 1.29 is 18.7 Å². The Kier molecular flexibility index (Phi) is 4.84. The molecule has 0 saturated carbocycles. The molecule has 1 aromatic rings. The summed E-state index contributed by atoms with van der Waals surface area (Å²) in [5.74, 6) is -1.70. The van der Waals surface area contributed by atoms with Gasteiger partial charge in [0.05, 0.1) is 12.6 Å². The van der Waals surface area contributed by atoms with Crippen LogP contribution in [0, 0.1) is 11.6 Å². The topological polar surface area (TPSA) is 61.4 Å². The maximum Gasteiger partial charge on any atom is 0.319 e. The summed E-state index contributed by atoms with van der Waals surface area (Å²) in [5.41, 5.74) is -0.502. The van der Waals surface area contributed by atoms with Crippen molar-refractivity contribution in [3.8, 4) is 0 Å². The molecule has 94 valence electrons. The number of rotatable bonds is 4. The van der Waals surface area contributed by atoms with Crippen molar-refractivity contribution in [2.75, 3.05) is 11.9 Å². The Morgan fingerprint density at radius 1 is 1.41 bits per heavy atom. The van der Waals surface area contributed by atoms with E-state index >= 15 is 0 Å². The highest BCUT2D eigenvalue weighted by Crippen LogP contribution is 2.17. The van der Waals surface area contributed by atoms with Gasteiger partial charge in [0.1, 0.15) is 17.3 Å². The number of anilines is 1. The lowest BCUT2D eigenvalue weighted by Gasteiger charge is -2.15. The van der Waals surface area contributed by atoms with Crippen LogP contribution in [-0.2, 0) is 0 Å². The highest BCUT2D eigenvalue weighted by atomic mass is 19.1. The molecule has 0 saturated heterocycles. The average Bonchev–Trinajstić information content (AvgIpc) is 2.31. The smallest absolute Gasteiger partial charge is 0.319 e. The fourth-order valence-corrected chi connectivity index (χ4v) is 1.23. The quantitative estimate of drug-likeness (QED) is 0.757. The molecule has 3 N–H and O–H groups in total. The number of urea groups is 1. The Balaban J connectivity index is 2.68. The number of aliphatic hydroxyl groups excluding tert-OH is 1. The van der Waals surface area contributed by atoms with Gasteiger partial charge in [0.25, 0.3) is 0 Å². The highest BCUT2D eigenvalue weighted by molar-refractivity contribution is 5.89. The van der Waals surface area contributed by atoms with E-state index in [2.05, 4.69) is 10.6 Å². The molecule has 1 rings (SSSR count). The van der Waals surface area contributed by atoms with Crippen LogP contribution >= 0.6 is 0 Å². The molecule has 4 nitrogen and oxygen atoms in total. The Morgan fingerprint density at radius 3 is 2.47 bits per heavy atom. The van der Waals surface area contributed by atoms with E-state index in [0.717, 1.165) is 12.1 Å². The van der Waals surface area contributed by atoms with Gasteiger partial charge in [-0.1, -0.05) is 13.0 Å². The van der Waals surface area contributed by atoms with Crippen molar-refractivity contribution in [2.45, 2.75) is 19.4 Å². The number of nitrogens with one attached hydrogen (secondary N) is 2. The predicted molar refractivity (Wildman–Crippen MR) is 59.7 cm³/mol. The molecule has 1 aromatic carbocycles. The second-order valence-corrected chi connectivity index (χ2v) is 3.48. The standard InChI is InChI=1S/C11H14F2N2O2/c1-2-7(6-16)14-11(17)15-10-8(12)4-3-5-9(10)13/h3-5,7,16H,2,6H2,1H3,(H2,14,15,17). The minimum atomic E-state index is -0.850. The van der Waals surface area contributed by atoms with E-state index in [1.165, 1.54) is 6.07 Å². The average molecular weight is 244 g/mol. The lowest BCUT2D eigenvalue weighted by molar-refractivity contribution is 0.222. The molecule has 17 heavy (non-hydrogen) atoms. The molecule has 0 bridgehead atoms. The Hall–Kier alpha value is -1.69. The number of halogens is 2. The summed E-state index contributed by atoms with van der Waals surface area (Å²) in [6, 6.07) is 2.10. The molecule has 0 aliphatic carbocycles. The summed E-state index contributed by atoms with van der Waals surface area (Å²) in [6.07, 6.45) is 0.518. The van der Waals surface area contributed by atoms with E-state index in [-0.39, 0.29) is 6.61 Å². The van der Waals surface area contributed by atoms with Crippen molar-refractivity contribution in [3.63, 3.8) is 0 Å². The van der Waals surface area contributed by atoms with Gasteiger partial charge >= 0.3 is 6.03 Å². The summed E-state index contributed by atoms with van der Waals surface area (Å²) in [5, 5.41) is 13.3. The zero-order chi connectivity index (χ0) is 12.8.